The molecule has 1 saturated carbocycles. The topological polar surface area (TPSA) is 52.0 Å². The fourth-order valence-electron chi connectivity index (χ4n) is 3.69. The van der Waals surface area contributed by atoms with Crippen molar-refractivity contribution in [2.75, 3.05) is 6.61 Å². The summed E-state index contributed by atoms with van der Waals surface area (Å²) in [4.78, 5) is 0. The Bertz CT molecular complexity index is 442. The van der Waals surface area contributed by atoms with Crippen LogP contribution in [0.1, 0.15) is 39.1 Å². The standard InChI is InChI=1S/C13H22N4O/c1-8(12-16-14-7-17(12)4)15-10-9-5-6-18-11(9)13(10,2)3/h7-11,15H,5-6H2,1-4H3. The molecule has 4 unspecified atom stereocenters. The van der Waals surface area contributed by atoms with Gasteiger partial charge in [0.2, 0.25) is 0 Å². The molecule has 2 fully saturated rings. The molecule has 0 radical (unpaired) electrons. The molecule has 0 spiro atoms. The summed E-state index contributed by atoms with van der Waals surface area (Å²) in [5.74, 6) is 1.66. The number of aryl methyl sites for hydroxylation is 1. The minimum Gasteiger partial charge on any atom is -0.377 e. The van der Waals surface area contributed by atoms with Crippen LogP contribution in [0.15, 0.2) is 6.33 Å². The van der Waals surface area contributed by atoms with Crippen molar-refractivity contribution < 1.29 is 4.74 Å². The summed E-state index contributed by atoms with van der Waals surface area (Å²) in [5, 5.41) is 11.8. The fraction of sp³-hybridized carbons (Fsp3) is 0.846. The number of nitrogens with zero attached hydrogens (tertiary/aromatic N) is 3. The molecule has 1 aromatic rings. The molecule has 0 bridgehead atoms. The second-order valence-electron chi connectivity index (χ2n) is 6.23. The Balaban J connectivity index is 1.72. The van der Waals surface area contributed by atoms with E-state index >= 15 is 0 Å². The van der Waals surface area contributed by atoms with Gasteiger partial charge in [-0.05, 0) is 13.3 Å². The maximum Gasteiger partial charge on any atom is 0.149 e. The Labute approximate surface area is 108 Å². The molecule has 0 aromatic carbocycles. The third kappa shape index (κ3) is 1.61. The zero-order valence-electron chi connectivity index (χ0n) is 11.6. The number of ether oxygens (including phenoxy) is 1. The van der Waals surface area contributed by atoms with Gasteiger partial charge in [-0.15, -0.1) is 10.2 Å². The van der Waals surface area contributed by atoms with Crippen molar-refractivity contribution in [3.8, 4) is 0 Å². The highest BCUT2D eigenvalue weighted by atomic mass is 16.5. The summed E-state index contributed by atoms with van der Waals surface area (Å²) in [7, 11) is 1.99. The van der Waals surface area contributed by atoms with Crippen LogP contribution in [-0.4, -0.2) is 33.5 Å². The van der Waals surface area contributed by atoms with Gasteiger partial charge in [0.15, 0.2) is 0 Å². The molecule has 2 heterocycles. The average molecular weight is 250 g/mol. The van der Waals surface area contributed by atoms with Crippen LogP contribution in [0.2, 0.25) is 0 Å². The number of hydrogen-bond acceptors (Lipinski definition) is 4. The van der Waals surface area contributed by atoms with E-state index in [-0.39, 0.29) is 11.5 Å². The lowest BCUT2D eigenvalue weighted by molar-refractivity contribution is -0.115. The predicted octanol–water partition coefficient (Wildman–Crippen LogP) is 1.28. The van der Waals surface area contributed by atoms with Crippen LogP contribution in [0.3, 0.4) is 0 Å². The lowest BCUT2D eigenvalue weighted by Crippen LogP contribution is -2.66. The van der Waals surface area contributed by atoms with Gasteiger partial charge in [0.25, 0.3) is 0 Å². The van der Waals surface area contributed by atoms with E-state index in [0.717, 1.165) is 12.4 Å². The molecule has 5 heteroatoms. The third-order valence-electron chi connectivity index (χ3n) is 4.66. The number of hydrogen-bond donors (Lipinski definition) is 1. The number of aromatic nitrogens is 3. The van der Waals surface area contributed by atoms with Gasteiger partial charge in [0.1, 0.15) is 12.2 Å². The molecule has 1 N–H and O–H groups in total. The lowest BCUT2D eigenvalue weighted by atomic mass is 9.57. The lowest BCUT2D eigenvalue weighted by Gasteiger charge is -2.55. The van der Waals surface area contributed by atoms with Crippen LogP contribution in [0, 0.1) is 11.3 Å². The molecule has 1 aromatic heterocycles. The van der Waals surface area contributed by atoms with Gasteiger partial charge in [0, 0.05) is 31.0 Å². The van der Waals surface area contributed by atoms with Crippen LogP contribution >= 0.6 is 0 Å². The smallest absolute Gasteiger partial charge is 0.149 e. The first-order valence-corrected chi connectivity index (χ1v) is 6.73. The first-order chi connectivity index (χ1) is 8.51. The SMILES string of the molecule is CC(NC1C2CCOC2C1(C)C)c1nncn1C. The van der Waals surface area contributed by atoms with Crippen molar-refractivity contribution in [3.63, 3.8) is 0 Å². The Morgan fingerprint density at radius 1 is 1.56 bits per heavy atom. The maximum atomic E-state index is 5.82. The monoisotopic (exact) mass is 250 g/mol. The van der Waals surface area contributed by atoms with Crippen LogP contribution in [-0.2, 0) is 11.8 Å². The van der Waals surface area contributed by atoms with Crippen LogP contribution in [0.25, 0.3) is 0 Å². The predicted molar refractivity (Wildman–Crippen MR) is 68.0 cm³/mol. The quantitative estimate of drug-likeness (QED) is 0.878. The van der Waals surface area contributed by atoms with Crippen molar-refractivity contribution in [2.45, 2.75) is 45.4 Å². The molecule has 100 valence electrons. The highest BCUT2D eigenvalue weighted by molar-refractivity contribution is 5.12. The summed E-state index contributed by atoms with van der Waals surface area (Å²) in [5.41, 5.74) is 0.216. The van der Waals surface area contributed by atoms with Gasteiger partial charge in [-0.3, -0.25) is 0 Å². The van der Waals surface area contributed by atoms with Crippen molar-refractivity contribution in [3.05, 3.63) is 12.2 Å². The number of rotatable bonds is 3. The van der Waals surface area contributed by atoms with Crippen molar-refractivity contribution in [2.24, 2.45) is 18.4 Å². The summed E-state index contributed by atoms with van der Waals surface area (Å²) in [6.07, 6.45) is 3.36. The van der Waals surface area contributed by atoms with E-state index in [4.69, 9.17) is 4.74 Å². The molecule has 5 nitrogen and oxygen atoms in total. The molecule has 1 saturated heterocycles. The molecule has 2 aliphatic rings. The van der Waals surface area contributed by atoms with E-state index in [1.54, 1.807) is 6.33 Å². The van der Waals surface area contributed by atoms with E-state index in [9.17, 15) is 0 Å². The van der Waals surface area contributed by atoms with Crippen molar-refractivity contribution in [1.29, 1.82) is 0 Å². The normalized spacial score (nSPS) is 35.0. The molecule has 1 aliphatic carbocycles. The van der Waals surface area contributed by atoms with Crippen LogP contribution < -0.4 is 5.32 Å². The third-order valence-corrected chi connectivity index (χ3v) is 4.66. The zero-order chi connectivity index (χ0) is 12.9. The Hall–Kier alpha value is -0.940. The van der Waals surface area contributed by atoms with E-state index in [2.05, 4.69) is 36.3 Å². The second-order valence-corrected chi connectivity index (χ2v) is 6.23. The summed E-state index contributed by atoms with van der Waals surface area (Å²) < 4.78 is 7.80. The number of fused-ring (bicyclic) bond motifs is 1. The van der Waals surface area contributed by atoms with E-state index < -0.39 is 0 Å². The van der Waals surface area contributed by atoms with Gasteiger partial charge >= 0.3 is 0 Å². The minimum atomic E-state index is 0.216. The van der Waals surface area contributed by atoms with Crippen LogP contribution in [0.4, 0.5) is 0 Å². The van der Waals surface area contributed by atoms with Crippen molar-refractivity contribution >= 4 is 0 Å². The highest BCUT2D eigenvalue weighted by Gasteiger charge is 2.59. The summed E-state index contributed by atoms with van der Waals surface area (Å²) in [6, 6.07) is 0.736. The van der Waals surface area contributed by atoms with Gasteiger partial charge in [-0.1, -0.05) is 13.8 Å². The summed E-state index contributed by atoms with van der Waals surface area (Å²) >= 11 is 0. The Kier molecular flexibility index (Phi) is 2.71. The maximum absolute atomic E-state index is 5.82. The van der Waals surface area contributed by atoms with Gasteiger partial charge in [0.05, 0.1) is 12.1 Å². The second kappa shape index (κ2) is 4.03. The number of nitrogens with one attached hydrogen (secondary N) is 1. The van der Waals surface area contributed by atoms with Gasteiger partial charge < -0.3 is 14.6 Å². The highest BCUT2D eigenvalue weighted by Crippen LogP contribution is 2.52. The largest absolute Gasteiger partial charge is 0.377 e. The molecular weight excluding hydrogens is 228 g/mol. The Morgan fingerprint density at radius 3 is 3.00 bits per heavy atom. The van der Waals surface area contributed by atoms with Crippen LogP contribution in [0.5, 0.6) is 0 Å². The molecule has 3 rings (SSSR count). The molecular formula is C13H22N4O. The first kappa shape index (κ1) is 12.1. The minimum absolute atomic E-state index is 0.216. The first-order valence-electron chi connectivity index (χ1n) is 6.73. The van der Waals surface area contributed by atoms with Gasteiger partial charge in [-0.25, -0.2) is 0 Å². The Morgan fingerprint density at radius 2 is 2.33 bits per heavy atom. The average Bonchev–Trinajstić information content (AvgIpc) is 2.92. The van der Waals surface area contributed by atoms with Gasteiger partial charge in [-0.2, -0.15) is 0 Å². The zero-order valence-corrected chi connectivity index (χ0v) is 11.6. The van der Waals surface area contributed by atoms with Crippen molar-refractivity contribution in [1.82, 2.24) is 20.1 Å². The molecule has 1 aliphatic heterocycles. The molecule has 0 amide bonds. The molecule has 4 atom stereocenters. The van der Waals surface area contributed by atoms with E-state index in [0.29, 0.717) is 18.1 Å². The fourth-order valence-corrected chi connectivity index (χ4v) is 3.69. The summed E-state index contributed by atoms with van der Waals surface area (Å²) in [6.45, 7) is 7.65. The van der Waals surface area contributed by atoms with E-state index in [1.165, 1.54) is 6.42 Å². The molecule has 18 heavy (non-hydrogen) atoms. The van der Waals surface area contributed by atoms with E-state index in [1.807, 2.05) is 11.6 Å².